The second-order valence-electron chi connectivity index (χ2n) is 6.93. The van der Waals surface area contributed by atoms with Gasteiger partial charge in [0.25, 0.3) is 0 Å². The fourth-order valence-electron chi connectivity index (χ4n) is 3.26. The van der Waals surface area contributed by atoms with Crippen LogP contribution in [0.4, 0.5) is 18.9 Å². The first-order valence-electron chi connectivity index (χ1n) is 9.83. The van der Waals surface area contributed by atoms with Gasteiger partial charge in [-0.3, -0.25) is 0 Å². The SMILES string of the molecule is CCc1nc2ccc(Cl)cn2c1CNc1ccc(Oc2ccc(OC(F)(F)F)cc2)cc1. The van der Waals surface area contributed by atoms with Crippen LogP contribution in [0.3, 0.4) is 0 Å². The van der Waals surface area contributed by atoms with Crippen LogP contribution in [-0.4, -0.2) is 15.7 Å². The maximum Gasteiger partial charge on any atom is 0.573 e. The van der Waals surface area contributed by atoms with E-state index >= 15 is 0 Å². The molecule has 0 spiro atoms. The Kier molecular flexibility index (Phi) is 6.14. The van der Waals surface area contributed by atoms with Gasteiger partial charge in [-0.2, -0.15) is 0 Å². The number of aryl methyl sites for hydroxylation is 1. The second kappa shape index (κ2) is 9.00. The minimum absolute atomic E-state index is 0.301. The average molecular weight is 462 g/mol. The molecule has 0 aliphatic rings. The number of anilines is 1. The largest absolute Gasteiger partial charge is 0.573 e. The fourth-order valence-corrected chi connectivity index (χ4v) is 3.42. The summed E-state index contributed by atoms with van der Waals surface area (Å²) in [6.45, 7) is 2.62. The standard InChI is InChI=1S/C23H19ClF3N3O2/c1-2-20-21(30-14-15(24)3-12-22(30)29-20)13-28-16-4-6-17(7-5-16)31-18-8-10-19(11-9-18)32-23(25,26)27/h3-12,14,28H,2,13H2,1H3. The summed E-state index contributed by atoms with van der Waals surface area (Å²) in [5, 5.41) is 4.01. The molecule has 4 rings (SSSR count). The Labute approximate surface area is 187 Å². The molecule has 0 unspecified atom stereocenters. The minimum Gasteiger partial charge on any atom is -0.457 e. The zero-order valence-electron chi connectivity index (χ0n) is 17.0. The lowest BCUT2D eigenvalue weighted by atomic mass is 10.2. The molecule has 2 heterocycles. The van der Waals surface area contributed by atoms with Crippen molar-refractivity contribution < 1.29 is 22.6 Å². The highest BCUT2D eigenvalue weighted by Gasteiger charge is 2.31. The van der Waals surface area contributed by atoms with E-state index in [-0.39, 0.29) is 5.75 Å². The van der Waals surface area contributed by atoms with Gasteiger partial charge in [0.2, 0.25) is 0 Å². The molecule has 0 atom stereocenters. The van der Waals surface area contributed by atoms with Crippen LogP contribution in [0, 0.1) is 0 Å². The number of hydrogen-bond acceptors (Lipinski definition) is 4. The van der Waals surface area contributed by atoms with Gasteiger partial charge in [0.1, 0.15) is 22.9 Å². The second-order valence-corrected chi connectivity index (χ2v) is 7.37. The topological polar surface area (TPSA) is 47.8 Å². The van der Waals surface area contributed by atoms with Crippen LogP contribution in [0.1, 0.15) is 18.3 Å². The van der Waals surface area contributed by atoms with Gasteiger partial charge in [0.15, 0.2) is 0 Å². The predicted molar refractivity (Wildman–Crippen MR) is 117 cm³/mol. The van der Waals surface area contributed by atoms with Crippen LogP contribution in [0.15, 0.2) is 66.9 Å². The van der Waals surface area contributed by atoms with E-state index in [4.69, 9.17) is 16.3 Å². The van der Waals surface area contributed by atoms with Gasteiger partial charge in [-0.15, -0.1) is 13.2 Å². The molecule has 4 aromatic rings. The highest BCUT2D eigenvalue weighted by molar-refractivity contribution is 6.30. The third-order valence-electron chi connectivity index (χ3n) is 4.71. The van der Waals surface area contributed by atoms with Crippen LogP contribution in [-0.2, 0) is 13.0 Å². The van der Waals surface area contributed by atoms with Crippen molar-refractivity contribution in [3.05, 3.63) is 83.3 Å². The smallest absolute Gasteiger partial charge is 0.457 e. The van der Waals surface area contributed by atoms with E-state index in [1.54, 1.807) is 12.1 Å². The molecule has 0 aliphatic heterocycles. The van der Waals surface area contributed by atoms with Gasteiger partial charge in [-0.1, -0.05) is 18.5 Å². The molecule has 0 bridgehead atoms. The number of nitrogens with one attached hydrogen (secondary N) is 1. The molecule has 0 saturated carbocycles. The summed E-state index contributed by atoms with van der Waals surface area (Å²) in [6.07, 6.45) is -2.07. The van der Waals surface area contributed by atoms with Gasteiger partial charge in [0.05, 0.1) is 23.0 Å². The van der Waals surface area contributed by atoms with E-state index in [9.17, 15) is 13.2 Å². The summed E-state index contributed by atoms with van der Waals surface area (Å²) >= 11 is 6.14. The summed E-state index contributed by atoms with van der Waals surface area (Å²) in [5.41, 5.74) is 3.76. The Hall–Kier alpha value is -3.39. The summed E-state index contributed by atoms with van der Waals surface area (Å²) in [6, 6.07) is 16.2. The van der Waals surface area contributed by atoms with E-state index in [2.05, 4.69) is 22.0 Å². The average Bonchev–Trinajstić information content (AvgIpc) is 3.10. The molecule has 32 heavy (non-hydrogen) atoms. The lowest BCUT2D eigenvalue weighted by Gasteiger charge is -2.11. The van der Waals surface area contributed by atoms with Crippen LogP contribution in [0.25, 0.3) is 5.65 Å². The Morgan fingerprint density at radius 3 is 2.19 bits per heavy atom. The monoisotopic (exact) mass is 461 g/mol. The molecule has 166 valence electrons. The van der Waals surface area contributed by atoms with E-state index in [1.165, 1.54) is 24.3 Å². The third-order valence-corrected chi connectivity index (χ3v) is 4.93. The van der Waals surface area contributed by atoms with Crippen molar-refractivity contribution in [2.75, 3.05) is 5.32 Å². The van der Waals surface area contributed by atoms with Crippen molar-refractivity contribution in [1.29, 1.82) is 0 Å². The number of fused-ring (bicyclic) bond motifs is 1. The maximum atomic E-state index is 12.2. The summed E-state index contributed by atoms with van der Waals surface area (Å²) in [4.78, 5) is 4.64. The zero-order valence-corrected chi connectivity index (χ0v) is 17.7. The predicted octanol–water partition coefficient (Wildman–Crippen LogP) is 6.85. The molecule has 0 radical (unpaired) electrons. The summed E-state index contributed by atoms with van der Waals surface area (Å²) in [5.74, 6) is 0.649. The minimum atomic E-state index is -4.72. The lowest BCUT2D eigenvalue weighted by molar-refractivity contribution is -0.274. The van der Waals surface area contributed by atoms with Crippen molar-refractivity contribution in [2.45, 2.75) is 26.3 Å². The van der Waals surface area contributed by atoms with Crippen molar-refractivity contribution >= 4 is 22.9 Å². The van der Waals surface area contributed by atoms with Gasteiger partial charge in [-0.25, -0.2) is 4.98 Å². The van der Waals surface area contributed by atoms with E-state index in [1.807, 2.05) is 34.9 Å². The van der Waals surface area contributed by atoms with Gasteiger partial charge >= 0.3 is 6.36 Å². The fraction of sp³-hybridized carbons (Fsp3) is 0.174. The molecule has 5 nitrogen and oxygen atoms in total. The van der Waals surface area contributed by atoms with Crippen LogP contribution >= 0.6 is 11.6 Å². The van der Waals surface area contributed by atoms with Gasteiger partial charge in [-0.05, 0) is 67.1 Å². The molecule has 1 N–H and O–H groups in total. The first-order chi connectivity index (χ1) is 15.3. The number of rotatable bonds is 7. The molecule has 0 aliphatic carbocycles. The van der Waals surface area contributed by atoms with Crippen molar-refractivity contribution in [1.82, 2.24) is 9.38 Å². The number of ether oxygens (including phenoxy) is 2. The van der Waals surface area contributed by atoms with Crippen LogP contribution in [0.5, 0.6) is 17.2 Å². The number of imidazole rings is 1. The van der Waals surface area contributed by atoms with Gasteiger partial charge in [0, 0.05) is 11.9 Å². The Balaban J connectivity index is 1.40. The van der Waals surface area contributed by atoms with E-state index in [0.29, 0.717) is 23.1 Å². The molecular formula is C23H19ClF3N3O2. The van der Waals surface area contributed by atoms with Crippen molar-refractivity contribution in [3.8, 4) is 17.2 Å². The highest BCUT2D eigenvalue weighted by Crippen LogP contribution is 2.28. The van der Waals surface area contributed by atoms with Crippen LogP contribution in [0.2, 0.25) is 5.02 Å². The third kappa shape index (κ3) is 5.26. The summed E-state index contributed by atoms with van der Waals surface area (Å²) in [7, 11) is 0. The molecule has 2 aromatic carbocycles. The van der Waals surface area contributed by atoms with Crippen LogP contribution < -0.4 is 14.8 Å². The number of pyridine rings is 1. The number of alkyl halides is 3. The Morgan fingerprint density at radius 1 is 0.938 bits per heavy atom. The normalized spacial score (nSPS) is 11.5. The number of benzene rings is 2. The molecule has 0 saturated heterocycles. The highest BCUT2D eigenvalue weighted by atomic mass is 35.5. The van der Waals surface area contributed by atoms with Crippen molar-refractivity contribution in [2.24, 2.45) is 0 Å². The van der Waals surface area contributed by atoms with Gasteiger partial charge < -0.3 is 19.2 Å². The van der Waals surface area contributed by atoms with E-state index in [0.717, 1.165) is 29.1 Å². The molecule has 0 fully saturated rings. The first kappa shape index (κ1) is 21.8. The molecule has 2 aromatic heterocycles. The Bertz CT molecular complexity index is 1210. The molecule has 9 heteroatoms. The molecular weight excluding hydrogens is 443 g/mol. The number of nitrogens with zero attached hydrogens (tertiary/aromatic N) is 2. The molecule has 0 amide bonds. The lowest BCUT2D eigenvalue weighted by Crippen LogP contribution is -2.16. The quantitative estimate of drug-likeness (QED) is 0.327. The number of hydrogen-bond donors (Lipinski definition) is 1. The van der Waals surface area contributed by atoms with E-state index < -0.39 is 6.36 Å². The Morgan fingerprint density at radius 2 is 1.56 bits per heavy atom. The number of aromatic nitrogens is 2. The zero-order chi connectivity index (χ0) is 22.7. The first-order valence-corrected chi connectivity index (χ1v) is 10.2. The maximum absolute atomic E-state index is 12.2. The van der Waals surface area contributed by atoms with Crippen molar-refractivity contribution in [3.63, 3.8) is 0 Å². The summed E-state index contributed by atoms with van der Waals surface area (Å²) < 4.78 is 48.3. The number of halogens is 4.